The maximum atomic E-state index is 11.1. The molecule has 0 aliphatic carbocycles. The van der Waals surface area contributed by atoms with E-state index in [0.717, 1.165) is 5.56 Å². The lowest BCUT2D eigenvalue weighted by Gasteiger charge is -2.30. The molecule has 0 amide bonds. The average Bonchev–Trinajstić information content (AvgIpc) is 2.48. The molecule has 2 aromatic carbocycles. The zero-order chi connectivity index (χ0) is 14.6. The molecule has 2 aromatic rings. The zero-order valence-corrected chi connectivity index (χ0v) is 12.2. The monoisotopic (exact) mass is 292 g/mol. The van der Waals surface area contributed by atoms with Gasteiger partial charge in [-0.15, -0.1) is 0 Å². The number of aliphatic hydroxyl groups is 1. The van der Waals surface area contributed by atoms with Crippen molar-refractivity contribution < 1.29 is 14.6 Å². The summed E-state index contributed by atoms with van der Waals surface area (Å²) in [4.78, 5) is 0. The molecule has 0 saturated carbocycles. The molecule has 0 heterocycles. The number of benzene rings is 2. The Bertz CT molecular complexity index is 571. The maximum absolute atomic E-state index is 11.1. The van der Waals surface area contributed by atoms with Gasteiger partial charge in [0.25, 0.3) is 0 Å². The van der Waals surface area contributed by atoms with Crippen molar-refractivity contribution in [2.45, 2.75) is 5.60 Å². The maximum Gasteiger partial charge on any atom is 0.141 e. The Balaban J connectivity index is 2.61. The van der Waals surface area contributed by atoms with Crippen molar-refractivity contribution in [1.29, 1.82) is 0 Å². The van der Waals surface area contributed by atoms with E-state index in [9.17, 15) is 5.11 Å². The number of methoxy groups -OCH3 is 2. The van der Waals surface area contributed by atoms with Gasteiger partial charge in [0.15, 0.2) is 0 Å². The second kappa shape index (κ2) is 6.27. The average molecular weight is 293 g/mol. The minimum atomic E-state index is -1.31. The zero-order valence-electron chi connectivity index (χ0n) is 11.5. The highest BCUT2D eigenvalue weighted by molar-refractivity contribution is 6.30. The van der Waals surface area contributed by atoms with Crippen LogP contribution >= 0.6 is 11.6 Å². The van der Waals surface area contributed by atoms with Crippen LogP contribution in [0.3, 0.4) is 0 Å². The SMILES string of the molecule is COCC(O)(c1ccccc1)c1cc(Cl)ccc1OC. The smallest absolute Gasteiger partial charge is 0.141 e. The van der Waals surface area contributed by atoms with Gasteiger partial charge in [0, 0.05) is 17.7 Å². The van der Waals surface area contributed by atoms with Crippen LogP contribution in [-0.4, -0.2) is 25.9 Å². The van der Waals surface area contributed by atoms with Crippen LogP contribution in [0.1, 0.15) is 11.1 Å². The van der Waals surface area contributed by atoms with Crippen LogP contribution in [0.5, 0.6) is 5.75 Å². The van der Waals surface area contributed by atoms with Crippen molar-refractivity contribution in [3.8, 4) is 5.75 Å². The first kappa shape index (κ1) is 14.9. The molecule has 0 radical (unpaired) electrons. The fourth-order valence-electron chi connectivity index (χ4n) is 2.24. The summed E-state index contributed by atoms with van der Waals surface area (Å²) in [7, 11) is 3.11. The fourth-order valence-corrected chi connectivity index (χ4v) is 2.41. The highest BCUT2D eigenvalue weighted by atomic mass is 35.5. The molecule has 3 nitrogen and oxygen atoms in total. The molecule has 106 valence electrons. The Kier molecular flexibility index (Phi) is 4.65. The highest BCUT2D eigenvalue weighted by Gasteiger charge is 2.34. The summed E-state index contributed by atoms with van der Waals surface area (Å²) in [6, 6.07) is 14.5. The Hall–Kier alpha value is -1.55. The summed E-state index contributed by atoms with van der Waals surface area (Å²) >= 11 is 6.06. The Morgan fingerprint density at radius 2 is 1.80 bits per heavy atom. The second-order valence-corrected chi connectivity index (χ2v) is 4.94. The first-order chi connectivity index (χ1) is 9.61. The molecule has 0 saturated heterocycles. The molecule has 0 bridgehead atoms. The van der Waals surface area contributed by atoms with Crippen LogP contribution in [0.25, 0.3) is 0 Å². The molecule has 0 spiro atoms. The second-order valence-electron chi connectivity index (χ2n) is 4.50. The summed E-state index contributed by atoms with van der Waals surface area (Å²) in [5.41, 5.74) is -0.00494. The minimum absolute atomic E-state index is 0.105. The van der Waals surface area contributed by atoms with Crippen LogP contribution in [-0.2, 0) is 10.3 Å². The van der Waals surface area contributed by atoms with E-state index in [-0.39, 0.29) is 6.61 Å². The van der Waals surface area contributed by atoms with E-state index < -0.39 is 5.60 Å². The van der Waals surface area contributed by atoms with E-state index >= 15 is 0 Å². The third kappa shape index (κ3) is 2.80. The Morgan fingerprint density at radius 3 is 2.40 bits per heavy atom. The van der Waals surface area contributed by atoms with Gasteiger partial charge in [-0.25, -0.2) is 0 Å². The molecule has 2 rings (SSSR count). The highest BCUT2D eigenvalue weighted by Crippen LogP contribution is 2.37. The topological polar surface area (TPSA) is 38.7 Å². The van der Waals surface area contributed by atoms with E-state index in [1.165, 1.54) is 0 Å². The molecular weight excluding hydrogens is 276 g/mol. The van der Waals surface area contributed by atoms with Gasteiger partial charge in [-0.05, 0) is 23.8 Å². The van der Waals surface area contributed by atoms with E-state index in [1.54, 1.807) is 32.4 Å². The van der Waals surface area contributed by atoms with Crippen LogP contribution in [0.2, 0.25) is 5.02 Å². The van der Waals surface area contributed by atoms with Gasteiger partial charge in [-0.2, -0.15) is 0 Å². The number of hydrogen-bond donors (Lipinski definition) is 1. The van der Waals surface area contributed by atoms with E-state index in [1.807, 2.05) is 30.3 Å². The first-order valence-corrected chi connectivity index (χ1v) is 6.60. The predicted molar refractivity (Wildman–Crippen MR) is 79.3 cm³/mol. The van der Waals surface area contributed by atoms with Crippen molar-refractivity contribution in [2.24, 2.45) is 0 Å². The number of hydrogen-bond acceptors (Lipinski definition) is 3. The third-order valence-corrected chi connectivity index (χ3v) is 3.45. The number of rotatable bonds is 5. The summed E-state index contributed by atoms with van der Waals surface area (Å²) < 4.78 is 10.5. The summed E-state index contributed by atoms with van der Waals surface area (Å²) in [6.45, 7) is 0.105. The molecule has 0 aliphatic rings. The summed E-state index contributed by atoms with van der Waals surface area (Å²) in [5, 5.41) is 11.7. The lowest BCUT2D eigenvalue weighted by Crippen LogP contribution is -2.33. The third-order valence-electron chi connectivity index (χ3n) is 3.21. The molecule has 0 aromatic heterocycles. The van der Waals surface area contributed by atoms with Crippen molar-refractivity contribution in [1.82, 2.24) is 0 Å². The van der Waals surface area contributed by atoms with Crippen molar-refractivity contribution in [3.05, 3.63) is 64.7 Å². The molecule has 20 heavy (non-hydrogen) atoms. The van der Waals surface area contributed by atoms with Crippen LogP contribution in [0, 0.1) is 0 Å². The predicted octanol–water partition coefficient (Wildman–Crippen LogP) is 3.23. The minimum Gasteiger partial charge on any atom is -0.496 e. The molecule has 4 heteroatoms. The van der Waals surface area contributed by atoms with Crippen LogP contribution in [0.15, 0.2) is 48.5 Å². The van der Waals surface area contributed by atoms with Gasteiger partial charge in [0.05, 0.1) is 13.7 Å². The van der Waals surface area contributed by atoms with Crippen molar-refractivity contribution in [3.63, 3.8) is 0 Å². The molecular formula is C16H17ClO3. The van der Waals surface area contributed by atoms with Gasteiger partial charge in [0.1, 0.15) is 11.4 Å². The number of halogens is 1. The molecule has 1 N–H and O–H groups in total. The Labute approximate surface area is 123 Å². The summed E-state index contributed by atoms with van der Waals surface area (Å²) in [5.74, 6) is 0.567. The quantitative estimate of drug-likeness (QED) is 0.919. The first-order valence-electron chi connectivity index (χ1n) is 6.22. The van der Waals surface area contributed by atoms with Gasteiger partial charge in [-0.3, -0.25) is 0 Å². The summed E-state index contributed by atoms with van der Waals surface area (Å²) in [6.07, 6.45) is 0. The van der Waals surface area contributed by atoms with Crippen molar-refractivity contribution in [2.75, 3.05) is 20.8 Å². The lowest BCUT2D eigenvalue weighted by molar-refractivity contribution is -0.00477. The van der Waals surface area contributed by atoms with E-state index in [2.05, 4.69) is 0 Å². The van der Waals surface area contributed by atoms with Gasteiger partial charge < -0.3 is 14.6 Å². The van der Waals surface area contributed by atoms with Crippen LogP contribution < -0.4 is 4.74 Å². The molecule has 1 atom stereocenters. The largest absolute Gasteiger partial charge is 0.496 e. The molecule has 0 aliphatic heterocycles. The standard InChI is InChI=1S/C16H17ClO3/c1-19-11-16(18,12-6-4-3-5-7-12)14-10-13(17)8-9-15(14)20-2/h3-10,18H,11H2,1-2H3. The molecule has 1 unspecified atom stereocenters. The fraction of sp³-hybridized carbons (Fsp3) is 0.250. The van der Waals surface area contributed by atoms with Gasteiger partial charge >= 0.3 is 0 Å². The lowest BCUT2D eigenvalue weighted by atomic mass is 9.86. The van der Waals surface area contributed by atoms with Gasteiger partial charge in [-0.1, -0.05) is 41.9 Å². The van der Waals surface area contributed by atoms with Crippen LogP contribution in [0.4, 0.5) is 0 Å². The van der Waals surface area contributed by atoms with E-state index in [4.69, 9.17) is 21.1 Å². The van der Waals surface area contributed by atoms with E-state index in [0.29, 0.717) is 16.3 Å². The normalized spacial score (nSPS) is 13.8. The number of ether oxygens (including phenoxy) is 2. The van der Waals surface area contributed by atoms with Crippen molar-refractivity contribution >= 4 is 11.6 Å². The molecule has 0 fully saturated rings. The Morgan fingerprint density at radius 1 is 1.10 bits per heavy atom. The van der Waals surface area contributed by atoms with Gasteiger partial charge in [0.2, 0.25) is 0 Å².